The van der Waals surface area contributed by atoms with Crippen molar-refractivity contribution < 1.29 is 14.6 Å². The van der Waals surface area contributed by atoms with E-state index in [0.717, 1.165) is 23.1 Å². The van der Waals surface area contributed by atoms with E-state index >= 15 is 0 Å². The van der Waals surface area contributed by atoms with Crippen LogP contribution in [-0.4, -0.2) is 24.1 Å². The van der Waals surface area contributed by atoms with E-state index in [0.29, 0.717) is 6.61 Å². The van der Waals surface area contributed by atoms with Crippen molar-refractivity contribution in [2.24, 2.45) is 0 Å². The van der Waals surface area contributed by atoms with Gasteiger partial charge in [-0.2, -0.15) is 0 Å². The molecule has 0 saturated carbocycles. The third-order valence-corrected chi connectivity index (χ3v) is 3.37. The van der Waals surface area contributed by atoms with E-state index in [9.17, 15) is 5.11 Å². The molecule has 0 aromatic carbocycles. The highest BCUT2D eigenvalue weighted by Gasteiger charge is 2.19. The highest BCUT2D eigenvalue weighted by Crippen LogP contribution is 2.30. The molecule has 0 radical (unpaired) electrons. The Morgan fingerprint density at radius 3 is 2.80 bits per heavy atom. The van der Waals surface area contributed by atoms with Crippen molar-refractivity contribution in [2.45, 2.75) is 38.1 Å². The second-order valence-electron chi connectivity index (χ2n) is 3.81. The van der Waals surface area contributed by atoms with Gasteiger partial charge in [-0.15, -0.1) is 0 Å². The Hall–Kier alpha value is -0.320. The van der Waals surface area contributed by atoms with E-state index in [1.54, 1.807) is 12.2 Å². The Morgan fingerprint density at radius 2 is 2.13 bits per heavy atom. The predicted molar refractivity (Wildman–Crippen MR) is 60.4 cm³/mol. The molecule has 15 heavy (non-hydrogen) atoms. The van der Waals surface area contributed by atoms with Crippen LogP contribution in [0.1, 0.15) is 25.7 Å². The lowest BCUT2D eigenvalue weighted by Gasteiger charge is -2.25. The quantitative estimate of drug-likeness (QED) is 0.787. The fraction of sp³-hybridized carbons (Fsp3) is 0.636. The Balaban J connectivity index is 1.94. The topological polar surface area (TPSA) is 38.7 Å². The number of aliphatic hydroxyl groups excluding tert-OH is 1. The minimum absolute atomic E-state index is 0.312. The zero-order chi connectivity index (χ0) is 10.7. The second-order valence-corrected chi connectivity index (χ2v) is 4.76. The molecule has 0 aromatic heterocycles. The Kier molecular flexibility index (Phi) is 3.83. The van der Waals surface area contributed by atoms with Crippen LogP contribution < -0.4 is 0 Å². The van der Waals surface area contributed by atoms with E-state index in [-0.39, 0.29) is 6.29 Å². The van der Waals surface area contributed by atoms with E-state index in [2.05, 4.69) is 15.9 Å². The summed E-state index contributed by atoms with van der Waals surface area (Å²) in [6.07, 6.45) is 7.05. The monoisotopic (exact) mass is 274 g/mol. The van der Waals surface area contributed by atoms with Crippen LogP contribution in [-0.2, 0) is 9.47 Å². The number of allylic oxidation sites excluding steroid dienone is 2. The molecule has 0 aromatic rings. The summed E-state index contributed by atoms with van der Waals surface area (Å²) in [5.74, 6) is 0.993. The SMILES string of the molecule is O[C@@H]1C=C[C@H](OC2=C(Br)CCCC2)OC1. The van der Waals surface area contributed by atoms with Gasteiger partial charge in [-0.1, -0.05) is 22.0 Å². The molecule has 1 aliphatic carbocycles. The van der Waals surface area contributed by atoms with Crippen molar-refractivity contribution in [1.82, 2.24) is 0 Å². The lowest BCUT2D eigenvalue weighted by Crippen LogP contribution is -2.26. The standard InChI is InChI=1S/C11H15BrO3/c12-9-3-1-2-4-10(9)15-11-6-5-8(13)7-14-11/h5-6,8,11,13H,1-4,7H2/t8-,11+/m1/s1. The molecular formula is C11H15BrO3. The minimum atomic E-state index is -0.492. The number of rotatable bonds is 2. The van der Waals surface area contributed by atoms with E-state index in [4.69, 9.17) is 9.47 Å². The predicted octanol–water partition coefficient (Wildman–Crippen LogP) is 2.46. The molecule has 0 amide bonds. The highest BCUT2D eigenvalue weighted by atomic mass is 79.9. The van der Waals surface area contributed by atoms with Crippen molar-refractivity contribution in [3.05, 3.63) is 22.4 Å². The van der Waals surface area contributed by atoms with Gasteiger partial charge >= 0.3 is 0 Å². The number of hydrogen-bond donors (Lipinski definition) is 1. The van der Waals surface area contributed by atoms with Crippen LogP contribution in [0.25, 0.3) is 0 Å². The summed E-state index contributed by atoms with van der Waals surface area (Å²) in [6.45, 7) is 0.312. The van der Waals surface area contributed by atoms with Crippen LogP contribution >= 0.6 is 15.9 Å². The fourth-order valence-corrected chi connectivity index (χ4v) is 2.27. The summed E-state index contributed by atoms with van der Waals surface area (Å²) >= 11 is 3.52. The maximum Gasteiger partial charge on any atom is 0.219 e. The molecule has 1 N–H and O–H groups in total. The van der Waals surface area contributed by atoms with Gasteiger partial charge in [0.2, 0.25) is 6.29 Å². The van der Waals surface area contributed by atoms with Crippen LogP contribution in [0.3, 0.4) is 0 Å². The van der Waals surface area contributed by atoms with Gasteiger partial charge in [0.1, 0.15) is 5.76 Å². The smallest absolute Gasteiger partial charge is 0.219 e. The van der Waals surface area contributed by atoms with Crippen LogP contribution in [0, 0.1) is 0 Å². The fourth-order valence-electron chi connectivity index (χ4n) is 1.70. The summed E-state index contributed by atoms with van der Waals surface area (Å²) in [7, 11) is 0. The summed E-state index contributed by atoms with van der Waals surface area (Å²) in [6, 6.07) is 0. The maximum absolute atomic E-state index is 9.20. The van der Waals surface area contributed by atoms with Crippen LogP contribution in [0.15, 0.2) is 22.4 Å². The average Bonchev–Trinajstić information content (AvgIpc) is 2.25. The first-order valence-corrected chi connectivity index (χ1v) is 6.07. The first-order chi connectivity index (χ1) is 7.25. The first-order valence-electron chi connectivity index (χ1n) is 5.28. The molecule has 0 fully saturated rings. The van der Waals surface area contributed by atoms with Crippen LogP contribution in [0.2, 0.25) is 0 Å². The minimum Gasteiger partial charge on any atom is -0.465 e. The van der Waals surface area contributed by atoms with Gasteiger partial charge in [0, 0.05) is 10.9 Å². The highest BCUT2D eigenvalue weighted by molar-refractivity contribution is 9.11. The third kappa shape index (κ3) is 3.06. The molecule has 84 valence electrons. The molecule has 2 atom stereocenters. The van der Waals surface area contributed by atoms with Gasteiger partial charge in [0.05, 0.1) is 12.7 Å². The molecule has 1 aliphatic heterocycles. The van der Waals surface area contributed by atoms with E-state index in [1.165, 1.54) is 12.8 Å². The normalized spacial score (nSPS) is 31.9. The molecule has 3 nitrogen and oxygen atoms in total. The number of halogens is 1. The Labute approximate surface area is 97.9 Å². The third-order valence-electron chi connectivity index (χ3n) is 2.53. The average molecular weight is 275 g/mol. The van der Waals surface area contributed by atoms with Crippen molar-refractivity contribution in [2.75, 3.05) is 6.61 Å². The summed E-state index contributed by atoms with van der Waals surface area (Å²) < 4.78 is 12.2. The van der Waals surface area contributed by atoms with Gasteiger partial charge in [-0.25, -0.2) is 0 Å². The van der Waals surface area contributed by atoms with Gasteiger partial charge < -0.3 is 14.6 Å². The summed E-state index contributed by atoms with van der Waals surface area (Å²) in [4.78, 5) is 0. The maximum atomic E-state index is 9.20. The lowest BCUT2D eigenvalue weighted by molar-refractivity contribution is -0.112. The first kappa shape index (κ1) is 11.2. The molecule has 1 heterocycles. The molecule has 4 heteroatoms. The van der Waals surface area contributed by atoms with Gasteiger partial charge in [-0.05, 0) is 25.3 Å². The summed E-state index contributed by atoms with van der Waals surface area (Å²) in [5.41, 5.74) is 0. The van der Waals surface area contributed by atoms with E-state index < -0.39 is 6.10 Å². The lowest BCUT2D eigenvalue weighted by atomic mass is 10.1. The number of hydrogen-bond acceptors (Lipinski definition) is 3. The number of ether oxygens (including phenoxy) is 2. The molecule has 0 unspecified atom stereocenters. The number of aliphatic hydroxyl groups is 1. The van der Waals surface area contributed by atoms with E-state index in [1.807, 2.05) is 0 Å². The van der Waals surface area contributed by atoms with Crippen LogP contribution in [0.4, 0.5) is 0 Å². The second kappa shape index (κ2) is 5.14. The molecule has 0 bridgehead atoms. The van der Waals surface area contributed by atoms with Crippen LogP contribution in [0.5, 0.6) is 0 Å². The van der Waals surface area contributed by atoms with Gasteiger partial charge in [-0.3, -0.25) is 0 Å². The van der Waals surface area contributed by atoms with Gasteiger partial charge in [0.15, 0.2) is 0 Å². The zero-order valence-corrected chi connectivity index (χ0v) is 10.1. The van der Waals surface area contributed by atoms with Gasteiger partial charge in [0.25, 0.3) is 0 Å². The van der Waals surface area contributed by atoms with Crippen molar-refractivity contribution >= 4 is 15.9 Å². The Bertz CT molecular complexity index is 286. The van der Waals surface area contributed by atoms with Crippen molar-refractivity contribution in [1.29, 1.82) is 0 Å². The zero-order valence-electron chi connectivity index (χ0n) is 8.49. The molecule has 0 spiro atoms. The molecule has 0 saturated heterocycles. The molecule has 2 aliphatic rings. The Morgan fingerprint density at radius 1 is 1.33 bits per heavy atom. The molecule has 2 rings (SSSR count). The van der Waals surface area contributed by atoms with Crippen molar-refractivity contribution in [3.63, 3.8) is 0 Å². The molecular weight excluding hydrogens is 260 g/mol. The van der Waals surface area contributed by atoms with Crippen molar-refractivity contribution in [3.8, 4) is 0 Å². The summed E-state index contributed by atoms with van der Waals surface area (Å²) in [5, 5.41) is 9.20. The largest absolute Gasteiger partial charge is 0.465 e.